The van der Waals surface area contributed by atoms with E-state index in [1.807, 2.05) is 36.9 Å². The summed E-state index contributed by atoms with van der Waals surface area (Å²) in [7, 11) is 0. The third-order valence-electron chi connectivity index (χ3n) is 3.02. The molecule has 0 aliphatic carbocycles. The quantitative estimate of drug-likeness (QED) is 0.895. The Balaban J connectivity index is 2.11. The molecule has 1 heterocycles. The number of aromatic nitrogens is 2. The Morgan fingerprint density at radius 2 is 2.17 bits per heavy atom. The van der Waals surface area contributed by atoms with Crippen LogP contribution in [0.15, 0.2) is 30.5 Å². The summed E-state index contributed by atoms with van der Waals surface area (Å²) >= 11 is 0. The summed E-state index contributed by atoms with van der Waals surface area (Å²) in [5.41, 5.74) is 1.59. The Bertz CT molecular complexity index is 534. The molecule has 1 unspecified atom stereocenters. The van der Waals surface area contributed by atoms with Crippen LogP contribution in [0, 0.1) is 12.7 Å². The molecule has 96 valence electrons. The van der Waals surface area contributed by atoms with Gasteiger partial charge in [-0.25, -0.2) is 4.39 Å². The molecule has 0 bridgehead atoms. The van der Waals surface area contributed by atoms with Crippen molar-refractivity contribution in [2.75, 3.05) is 5.32 Å². The minimum Gasteiger partial charge on any atom is -0.362 e. The maximum atomic E-state index is 13.5. The monoisotopic (exact) mass is 247 g/mol. The summed E-state index contributed by atoms with van der Waals surface area (Å²) in [6, 6.07) is 7.26. The van der Waals surface area contributed by atoms with Crippen molar-refractivity contribution in [1.82, 2.24) is 9.78 Å². The van der Waals surface area contributed by atoms with E-state index in [1.165, 1.54) is 0 Å². The van der Waals surface area contributed by atoms with Gasteiger partial charge in [-0.3, -0.25) is 4.68 Å². The number of hydrogen-bond donors (Lipinski definition) is 1. The molecule has 0 amide bonds. The van der Waals surface area contributed by atoms with Gasteiger partial charge in [0.05, 0.1) is 6.04 Å². The maximum absolute atomic E-state index is 13.5. The molecule has 0 spiro atoms. The average Bonchev–Trinajstić information content (AvgIpc) is 2.80. The molecule has 0 fully saturated rings. The molecular weight excluding hydrogens is 229 g/mol. The third-order valence-corrected chi connectivity index (χ3v) is 3.02. The van der Waals surface area contributed by atoms with Crippen molar-refractivity contribution in [2.45, 2.75) is 33.4 Å². The number of nitrogens with zero attached hydrogens (tertiary/aromatic N) is 2. The molecule has 0 radical (unpaired) electrons. The number of halogens is 1. The zero-order valence-corrected chi connectivity index (χ0v) is 10.9. The lowest BCUT2D eigenvalue weighted by molar-refractivity contribution is 0.614. The van der Waals surface area contributed by atoms with Gasteiger partial charge in [-0.1, -0.05) is 12.1 Å². The second-order valence-electron chi connectivity index (χ2n) is 4.43. The lowest BCUT2D eigenvalue weighted by Crippen LogP contribution is -2.08. The van der Waals surface area contributed by atoms with Gasteiger partial charge in [0.2, 0.25) is 0 Å². The number of hydrogen-bond acceptors (Lipinski definition) is 2. The summed E-state index contributed by atoms with van der Waals surface area (Å²) in [4.78, 5) is 0. The first-order chi connectivity index (χ1) is 8.60. The molecule has 2 aromatic rings. The first-order valence-electron chi connectivity index (χ1n) is 6.16. The van der Waals surface area contributed by atoms with Crippen LogP contribution in [-0.4, -0.2) is 9.78 Å². The topological polar surface area (TPSA) is 29.9 Å². The van der Waals surface area contributed by atoms with Crippen LogP contribution in [0.1, 0.15) is 31.0 Å². The minimum absolute atomic E-state index is 0.0281. The molecule has 1 aromatic heterocycles. The largest absolute Gasteiger partial charge is 0.362 e. The highest BCUT2D eigenvalue weighted by atomic mass is 19.1. The van der Waals surface area contributed by atoms with E-state index in [-0.39, 0.29) is 11.9 Å². The zero-order chi connectivity index (χ0) is 13.1. The fourth-order valence-corrected chi connectivity index (χ4v) is 1.80. The fraction of sp³-hybridized carbons (Fsp3) is 0.357. The molecule has 3 nitrogen and oxygen atoms in total. The van der Waals surface area contributed by atoms with Crippen LogP contribution in [0.3, 0.4) is 0 Å². The Kier molecular flexibility index (Phi) is 3.65. The van der Waals surface area contributed by atoms with Gasteiger partial charge in [0.15, 0.2) is 0 Å². The maximum Gasteiger partial charge on any atom is 0.148 e. The summed E-state index contributed by atoms with van der Waals surface area (Å²) in [5.74, 6) is 0.644. The van der Waals surface area contributed by atoms with Gasteiger partial charge in [-0.05, 0) is 38.0 Å². The van der Waals surface area contributed by atoms with E-state index in [9.17, 15) is 4.39 Å². The van der Waals surface area contributed by atoms with E-state index < -0.39 is 0 Å². The van der Waals surface area contributed by atoms with E-state index in [2.05, 4.69) is 10.4 Å². The van der Waals surface area contributed by atoms with Crippen LogP contribution in [0.2, 0.25) is 0 Å². The molecule has 1 aromatic carbocycles. The number of benzene rings is 1. The van der Waals surface area contributed by atoms with Gasteiger partial charge >= 0.3 is 0 Å². The van der Waals surface area contributed by atoms with Crippen molar-refractivity contribution in [1.29, 1.82) is 0 Å². The normalized spacial score (nSPS) is 12.4. The van der Waals surface area contributed by atoms with Gasteiger partial charge in [0.1, 0.15) is 11.6 Å². The van der Waals surface area contributed by atoms with Crippen molar-refractivity contribution in [2.24, 2.45) is 0 Å². The highest BCUT2D eigenvalue weighted by Crippen LogP contribution is 2.20. The Labute approximate surface area is 107 Å². The van der Waals surface area contributed by atoms with Crippen LogP contribution in [-0.2, 0) is 6.54 Å². The van der Waals surface area contributed by atoms with E-state index in [4.69, 9.17) is 0 Å². The first-order valence-corrected chi connectivity index (χ1v) is 6.16. The number of anilines is 1. The summed E-state index contributed by atoms with van der Waals surface area (Å²) in [5, 5.41) is 7.61. The van der Waals surface area contributed by atoms with E-state index in [0.29, 0.717) is 5.56 Å². The molecule has 0 saturated carbocycles. The summed E-state index contributed by atoms with van der Waals surface area (Å²) in [6.07, 6.45) is 1.92. The SMILES string of the molecule is CCn1ccc(NC(C)c2ccc(C)c(F)c2)n1. The molecular formula is C14H18FN3. The molecule has 0 aliphatic heterocycles. The molecule has 1 atom stereocenters. The molecule has 0 saturated heterocycles. The van der Waals surface area contributed by atoms with Gasteiger partial charge in [-0.2, -0.15) is 5.10 Å². The lowest BCUT2D eigenvalue weighted by atomic mass is 10.1. The molecule has 0 aliphatic rings. The first kappa shape index (κ1) is 12.6. The number of aryl methyl sites for hydroxylation is 2. The van der Waals surface area contributed by atoms with Crippen LogP contribution < -0.4 is 5.32 Å². The van der Waals surface area contributed by atoms with Crippen molar-refractivity contribution in [3.8, 4) is 0 Å². The Morgan fingerprint density at radius 3 is 2.78 bits per heavy atom. The van der Waals surface area contributed by atoms with Gasteiger partial charge in [0, 0.05) is 18.8 Å². The minimum atomic E-state index is -0.166. The number of rotatable bonds is 4. The summed E-state index contributed by atoms with van der Waals surface area (Å²) in [6.45, 7) is 6.64. The summed E-state index contributed by atoms with van der Waals surface area (Å²) < 4.78 is 15.3. The standard InChI is InChI=1S/C14H18FN3/c1-4-18-8-7-14(17-18)16-11(3)12-6-5-10(2)13(15)9-12/h5-9,11H,4H2,1-3H3,(H,16,17). The molecule has 2 rings (SSSR count). The Hall–Kier alpha value is -1.84. The zero-order valence-electron chi connectivity index (χ0n) is 10.9. The second kappa shape index (κ2) is 5.21. The second-order valence-corrected chi connectivity index (χ2v) is 4.43. The highest BCUT2D eigenvalue weighted by molar-refractivity contribution is 5.37. The van der Waals surface area contributed by atoms with Crippen LogP contribution in [0.5, 0.6) is 0 Å². The van der Waals surface area contributed by atoms with Gasteiger partial charge in [-0.15, -0.1) is 0 Å². The smallest absolute Gasteiger partial charge is 0.148 e. The number of nitrogens with one attached hydrogen (secondary N) is 1. The Morgan fingerprint density at radius 1 is 1.39 bits per heavy atom. The molecule has 18 heavy (non-hydrogen) atoms. The van der Waals surface area contributed by atoms with Crippen molar-refractivity contribution in [3.63, 3.8) is 0 Å². The predicted octanol–water partition coefficient (Wildman–Crippen LogP) is 3.52. The van der Waals surface area contributed by atoms with Crippen LogP contribution >= 0.6 is 0 Å². The van der Waals surface area contributed by atoms with Crippen LogP contribution in [0.25, 0.3) is 0 Å². The highest BCUT2D eigenvalue weighted by Gasteiger charge is 2.09. The predicted molar refractivity (Wildman–Crippen MR) is 71.1 cm³/mol. The van der Waals surface area contributed by atoms with Crippen molar-refractivity contribution < 1.29 is 4.39 Å². The van der Waals surface area contributed by atoms with E-state index >= 15 is 0 Å². The average molecular weight is 247 g/mol. The third kappa shape index (κ3) is 2.70. The van der Waals surface area contributed by atoms with Gasteiger partial charge < -0.3 is 5.32 Å². The fourth-order valence-electron chi connectivity index (χ4n) is 1.80. The molecule has 1 N–H and O–H groups in total. The van der Waals surface area contributed by atoms with E-state index in [0.717, 1.165) is 17.9 Å². The van der Waals surface area contributed by atoms with Crippen molar-refractivity contribution in [3.05, 3.63) is 47.4 Å². The lowest BCUT2D eigenvalue weighted by Gasteiger charge is -2.14. The van der Waals surface area contributed by atoms with Crippen molar-refractivity contribution >= 4 is 5.82 Å². The van der Waals surface area contributed by atoms with Crippen LogP contribution in [0.4, 0.5) is 10.2 Å². The van der Waals surface area contributed by atoms with E-state index in [1.54, 1.807) is 19.1 Å². The molecule has 4 heteroatoms. The van der Waals surface area contributed by atoms with Gasteiger partial charge in [0.25, 0.3) is 0 Å².